The zero-order valence-corrected chi connectivity index (χ0v) is 14.4. The van der Waals surface area contributed by atoms with Gasteiger partial charge in [-0.3, -0.25) is 4.79 Å². The molecule has 0 unspecified atom stereocenters. The minimum absolute atomic E-state index is 0.140. The molecule has 1 amide bonds. The summed E-state index contributed by atoms with van der Waals surface area (Å²) >= 11 is 0. The Morgan fingerprint density at radius 2 is 1.85 bits per heavy atom. The summed E-state index contributed by atoms with van der Waals surface area (Å²) in [5.41, 5.74) is 0.293. The first-order chi connectivity index (χ1) is 12.8. The minimum atomic E-state index is -4.52. The molecule has 0 atom stereocenters. The maximum atomic E-state index is 12.4. The number of hydrogen-bond acceptors (Lipinski definition) is 5. The van der Waals surface area contributed by atoms with Crippen molar-refractivity contribution in [2.24, 2.45) is 0 Å². The summed E-state index contributed by atoms with van der Waals surface area (Å²) in [6.45, 7) is -1.52. The fourth-order valence-corrected chi connectivity index (χ4v) is 2.17. The van der Waals surface area contributed by atoms with Gasteiger partial charge in [-0.2, -0.15) is 18.4 Å². The van der Waals surface area contributed by atoms with Gasteiger partial charge in [-0.25, -0.2) is 0 Å². The van der Waals surface area contributed by atoms with Crippen molar-refractivity contribution in [3.63, 3.8) is 0 Å². The van der Waals surface area contributed by atoms with Crippen LogP contribution < -0.4 is 19.5 Å². The van der Waals surface area contributed by atoms with E-state index in [9.17, 15) is 18.0 Å². The lowest BCUT2D eigenvalue weighted by Crippen LogP contribution is -2.19. The van der Waals surface area contributed by atoms with E-state index in [1.807, 2.05) is 0 Å². The average Bonchev–Trinajstić information content (AvgIpc) is 2.65. The van der Waals surface area contributed by atoms with Crippen molar-refractivity contribution < 1.29 is 32.2 Å². The highest BCUT2D eigenvalue weighted by Gasteiger charge is 2.29. The van der Waals surface area contributed by atoms with E-state index in [4.69, 9.17) is 14.7 Å². The fourth-order valence-electron chi connectivity index (χ4n) is 2.17. The van der Waals surface area contributed by atoms with Crippen molar-refractivity contribution in [2.45, 2.75) is 6.18 Å². The standard InChI is InChI=1S/C18H15F3N2O4/c1-25-13-4-5-14(16(8-13)26-2)17(24)23-12-3-6-15(11(7-12)9-22)27-10-18(19,20)21/h3-8H,10H2,1-2H3,(H,23,24). The maximum Gasteiger partial charge on any atom is 0.422 e. The van der Waals surface area contributed by atoms with E-state index in [2.05, 4.69) is 10.1 Å². The fraction of sp³-hybridized carbons (Fsp3) is 0.222. The number of hydrogen-bond donors (Lipinski definition) is 1. The normalized spacial score (nSPS) is 10.7. The van der Waals surface area contributed by atoms with E-state index >= 15 is 0 Å². The molecule has 2 rings (SSSR count). The molecule has 0 aliphatic carbocycles. The highest BCUT2D eigenvalue weighted by Crippen LogP contribution is 2.27. The molecular weight excluding hydrogens is 365 g/mol. The van der Waals surface area contributed by atoms with Crippen molar-refractivity contribution in [1.82, 2.24) is 0 Å². The molecule has 0 aliphatic heterocycles. The Hall–Kier alpha value is -3.41. The summed E-state index contributed by atoms with van der Waals surface area (Å²) < 4.78 is 51.6. The number of carbonyl (C=O) groups is 1. The third-order valence-electron chi connectivity index (χ3n) is 3.40. The lowest BCUT2D eigenvalue weighted by atomic mass is 10.1. The molecule has 0 spiro atoms. The molecule has 0 heterocycles. The van der Waals surface area contributed by atoms with Gasteiger partial charge in [0.2, 0.25) is 0 Å². The summed E-state index contributed by atoms with van der Waals surface area (Å²) in [6.07, 6.45) is -4.52. The molecule has 2 aromatic carbocycles. The molecule has 0 fully saturated rings. The van der Waals surface area contributed by atoms with Crippen LogP contribution in [-0.4, -0.2) is 32.9 Å². The SMILES string of the molecule is COc1ccc(C(=O)Nc2ccc(OCC(F)(F)F)c(C#N)c2)c(OC)c1. The second-order valence-corrected chi connectivity index (χ2v) is 5.25. The Morgan fingerprint density at radius 1 is 1.11 bits per heavy atom. The van der Waals surface area contributed by atoms with Gasteiger partial charge in [0.05, 0.1) is 25.3 Å². The molecule has 0 radical (unpaired) electrons. The predicted octanol–water partition coefficient (Wildman–Crippen LogP) is 3.77. The number of rotatable bonds is 6. The topological polar surface area (TPSA) is 80.6 Å². The zero-order chi connectivity index (χ0) is 20.0. The van der Waals surface area contributed by atoms with Crippen LogP contribution in [-0.2, 0) is 0 Å². The number of ether oxygens (including phenoxy) is 3. The molecule has 1 N–H and O–H groups in total. The quantitative estimate of drug-likeness (QED) is 0.825. The van der Waals surface area contributed by atoms with Gasteiger partial charge in [-0.1, -0.05) is 0 Å². The minimum Gasteiger partial charge on any atom is -0.497 e. The Labute approximate surface area is 153 Å². The Balaban J connectivity index is 2.20. The third kappa shape index (κ3) is 5.28. The molecule has 0 saturated carbocycles. The van der Waals surface area contributed by atoms with Gasteiger partial charge < -0.3 is 19.5 Å². The van der Waals surface area contributed by atoms with E-state index in [1.165, 1.54) is 44.6 Å². The van der Waals surface area contributed by atoms with E-state index in [1.54, 1.807) is 12.1 Å². The van der Waals surface area contributed by atoms with Gasteiger partial charge in [-0.15, -0.1) is 0 Å². The highest BCUT2D eigenvalue weighted by atomic mass is 19.4. The number of nitriles is 1. The number of amides is 1. The van der Waals surface area contributed by atoms with Gasteiger partial charge in [-0.05, 0) is 30.3 Å². The molecule has 0 aliphatic rings. The van der Waals surface area contributed by atoms with E-state index in [0.717, 1.165) is 0 Å². The number of anilines is 1. The summed E-state index contributed by atoms with van der Waals surface area (Å²) in [4.78, 5) is 12.4. The van der Waals surface area contributed by atoms with Gasteiger partial charge in [0.1, 0.15) is 23.3 Å². The van der Waals surface area contributed by atoms with Crippen LogP contribution in [0.1, 0.15) is 15.9 Å². The van der Waals surface area contributed by atoms with Crippen molar-refractivity contribution >= 4 is 11.6 Å². The molecule has 27 heavy (non-hydrogen) atoms. The molecule has 0 saturated heterocycles. The van der Waals surface area contributed by atoms with Crippen LogP contribution in [0.25, 0.3) is 0 Å². The summed E-state index contributed by atoms with van der Waals surface area (Å²) in [5.74, 6) is 0.0241. The monoisotopic (exact) mass is 380 g/mol. The van der Waals surface area contributed by atoms with Gasteiger partial charge >= 0.3 is 6.18 Å². The maximum absolute atomic E-state index is 12.4. The van der Waals surface area contributed by atoms with E-state index in [-0.39, 0.29) is 28.3 Å². The molecule has 0 bridgehead atoms. The smallest absolute Gasteiger partial charge is 0.422 e. The molecule has 2 aromatic rings. The second kappa shape index (κ2) is 8.31. The van der Waals surface area contributed by atoms with Crippen LogP contribution in [0.3, 0.4) is 0 Å². The molecule has 0 aromatic heterocycles. The van der Waals surface area contributed by atoms with Crippen LogP contribution in [0.15, 0.2) is 36.4 Å². The highest BCUT2D eigenvalue weighted by molar-refractivity contribution is 6.06. The Kier molecular flexibility index (Phi) is 6.13. The number of nitrogens with one attached hydrogen (secondary N) is 1. The second-order valence-electron chi connectivity index (χ2n) is 5.25. The predicted molar refractivity (Wildman–Crippen MR) is 90.2 cm³/mol. The summed E-state index contributed by atoms with van der Waals surface area (Å²) in [5, 5.41) is 11.7. The third-order valence-corrected chi connectivity index (χ3v) is 3.40. The van der Waals surface area contributed by atoms with Gasteiger partial charge in [0, 0.05) is 11.8 Å². The lowest BCUT2D eigenvalue weighted by Gasteiger charge is -2.13. The van der Waals surface area contributed by atoms with E-state index in [0.29, 0.717) is 5.75 Å². The average molecular weight is 380 g/mol. The molecule has 142 valence electrons. The van der Waals surface area contributed by atoms with Crippen LogP contribution in [0, 0.1) is 11.3 Å². The van der Waals surface area contributed by atoms with Crippen molar-refractivity contribution in [3.05, 3.63) is 47.5 Å². The summed E-state index contributed by atoms with van der Waals surface area (Å²) in [6, 6.07) is 10.1. The first-order valence-corrected chi connectivity index (χ1v) is 7.54. The largest absolute Gasteiger partial charge is 0.497 e. The first-order valence-electron chi connectivity index (χ1n) is 7.54. The Bertz CT molecular complexity index is 876. The number of carbonyl (C=O) groups excluding carboxylic acids is 1. The summed E-state index contributed by atoms with van der Waals surface area (Å²) in [7, 11) is 2.87. The number of halogens is 3. The molecular formula is C18H15F3N2O4. The molecule has 6 nitrogen and oxygen atoms in total. The van der Waals surface area contributed by atoms with Crippen LogP contribution in [0.5, 0.6) is 17.2 Å². The zero-order valence-electron chi connectivity index (χ0n) is 14.4. The van der Waals surface area contributed by atoms with Crippen LogP contribution >= 0.6 is 0 Å². The first kappa shape index (κ1) is 19.9. The molecule has 9 heteroatoms. The van der Waals surface area contributed by atoms with E-state index < -0.39 is 18.7 Å². The van der Waals surface area contributed by atoms with Gasteiger partial charge in [0.15, 0.2) is 6.61 Å². The Morgan fingerprint density at radius 3 is 2.44 bits per heavy atom. The number of nitrogens with zero attached hydrogens (tertiary/aromatic N) is 1. The van der Waals surface area contributed by atoms with Gasteiger partial charge in [0.25, 0.3) is 5.91 Å². The van der Waals surface area contributed by atoms with Crippen molar-refractivity contribution in [3.8, 4) is 23.3 Å². The van der Waals surface area contributed by atoms with Crippen LogP contribution in [0.4, 0.5) is 18.9 Å². The van der Waals surface area contributed by atoms with Crippen molar-refractivity contribution in [1.29, 1.82) is 5.26 Å². The number of alkyl halides is 3. The number of methoxy groups -OCH3 is 2. The number of benzene rings is 2. The van der Waals surface area contributed by atoms with Crippen molar-refractivity contribution in [2.75, 3.05) is 26.1 Å². The van der Waals surface area contributed by atoms with Crippen LogP contribution in [0.2, 0.25) is 0 Å². The lowest BCUT2D eigenvalue weighted by molar-refractivity contribution is -0.153.